The molecular formula is C32H20. The van der Waals surface area contributed by atoms with E-state index >= 15 is 0 Å². The van der Waals surface area contributed by atoms with E-state index in [1.165, 1.54) is 65.7 Å². The van der Waals surface area contributed by atoms with Crippen LogP contribution in [0.15, 0.2) is 109 Å². The van der Waals surface area contributed by atoms with E-state index in [2.05, 4.69) is 109 Å². The molecule has 0 saturated heterocycles. The monoisotopic (exact) mass is 404 g/mol. The van der Waals surface area contributed by atoms with Gasteiger partial charge in [0, 0.05) is 11.8 Å². The molecule has 0 atom stereocenters. The van der Waals surface area contributed by atoms with Crippen molar-refractivity contribution in [2.45, 2.75) is 11.8 Å². The molecule has 0 aliphatic heterocycles. The average Bonchev–Trinajstić information content (AvgIpc) is 2.84. The van der Waals surface area contributed by atoms with Gasteiger partial charge in [0.2, 0.25) is 0 Å². The minimum Gasteiger partial charge on any atom is -0.0619 e. The van der Waals surface area contributed by atoms with Gasteiger partial charge in [-0.05, 0) is 102 Å². The van der Waals surface area contributed by atoms with E-state index in [9.17, 15) is 0 Å². The summed E-state index contributed by atoms with van der Waals surface area (Å²) in [5, 5.41) is 7.93. The van der Waals surface area contributed by atoms with Crippen LogP contribution in [-0.2, 0) is 0 Å². The lowest BCUT2D eigenvalue weighted by atomic mass is 9.61. The van der Waals surface area contributed by atoms with Crippen LogP contribution in [-0.4, -0.2) is 0 Å². The van der Waals surface area contributed by atoms with Gasteiger partial charge in [-0.2, -0.15) is 0 Å². The molecule has 6 aromatic carbocycles. The first-order chi connectivity index (χ1) is 15.8. The van der Waals surface area contributed by atoms with E-state index in [1.807, 2.05) is 0 Å². The van der Waals surface area contributed by atoms with Crippen molar-refractivity contribution >= 4 is 32.3 Å². The zero-order chi connectivity index (χ0) is 20.8. The van der Waals surface area contributed by atoms with Gasteiger partial charge in [-0.15, -0.1) is 0 Å². The molecule has 0 radical (unpaired) electrons. The highest BCUT2D eigenvalue weighted by Crippen LogP contribution is 2.56. The molecule has 0 aromatic heterocycles. The third kappa shape index (κ3) is 2.07. The summed E-state index contributed by atoms with van der Waals surface area (Å²) >= 11 is 0. The van der Waals surface area contributed by atoms with Crippen molar-refractivity contribution in [2.75, 3.05) is 0 Å². The van der Waals surface area contributed by atoms with Crippen LogP contribution in [0.1, 0.15) is 45.2 Å². The topological polar surface area (TPSA) is 0 Å². The first-order valence-corrected chi connectivity index (χ1v) is 11.4. The highest BCUT2D eigenvalue weighted by molar-refractivity contribution is 6.05. The van der Waals surface area contributed by atoms with Gasteiger partial charge >= 0.3 is 0 Å². The number of rotatable bonds is 0. The Morgan fingerprint density at radius 3 is 1.00 bits per heavy atom. The number of benzene rings is 6. The second kappa shape index (κ2) is 5.87. The van der Waals surface area contributed by atoms with E-state index < -0.39 is 0 Å². The van der Waals surface area contributed by atoms with Crippen LogP contribution >= 0.6 is 0 Å². The van der Waals surface area contributed by atoms with Gasteiger partial charge in [-0.25, -0.2) is 0 Å². The second-order valence-corrected chi connectivity index (χ2v) is 9.35. The molecule has 2 bridgehead atoms. The summed E-state index contributed by atoms with van der Waals surface area (Å²) in [6, 6.07) is 41.2. The first-order valence-electron chi connectivity index (χ1n) is 11.4. The molecule has 0 fully saturated rings. The Balaban J connectivity index is 1.45. The molecule has 32 heavy (non-hydrogen) atoms. The minimum absolute atomic E-state index is 0.333. The Morgan fingerprint density at radius 1 is 0.281 bits per heavy atom. The summed E-state index contributed by atoms with van der Waals surface area (Å²) < 4.78 is 0. The van der Waals surface area contributed by atoms with E-state index in [1.54, 1.807) is 0 Å². The smallest absolute Gasteiger partial charge is 0.0349 e. The summed E-state index contributed by atoms with van der Waals surface area (Å²) in [7, 11) is 0. The average molecular weight is 405 g/mol. The van der Waals surface area contributed by atoms with Crippen LogP contribution in [0.3, 0.4) is 0 Å². The molecule has 0 amide bonds. The van der Waals surface area contributed by atoms with Gasteiger partial charge in [0.05, 0.1) is 0 Å². The molecule has 9 rings (SSSR count). The van der Waals surface area contributed by atoms with Gasteiger partial charge in [0.1, 0.15) is 0 Å². The fourth-order valence-corrected chi connectivity index (χ4v) is 6.36. The van der Waals surface area contributed by atoms with Crippen molar-refractivity contribution in [1.82, 2.24) is 0 Å². The predicted octanol–water partition coefficient (Wildman–Crippen LogP) is 8.13. The highest BCUT2D eigenvalue weighted by Gasteiger charge is 2.40. The summed E-state index contributed by atoms with van der Waals surface area (Å²) in [5.74, 6) is 0.665. The van der Waals surface area contributed by atoms with Crippen molar-refractivity contribution in [3.8, 4) is 0 Å². The standard InChI is InChI=1S/C32H20/c1-2-8-20-14-22-16-24-18-30-29(17-23(24)15-21(22)13-19(20)7-1)31-25-9-3-5-11-27(25)32(30)28-12-6-4-10-26(28)31/h1-18,31-32H. The third-order valence-corrected chi connectivity index (χ3v) is 7.72. The third-order valence-electron chi connectivity index (χ3n) is 7.72. The van der Waals surface area contributed by atoms with E-state index in [0.29, 0.717) is 11.8 Å². The molecule has 0 N–H and O–H groups in total. The van der Waals surface area contributed by atoms with Gasteiger partial charge in [-0.1, -0.05) is 72.8 Å². The molecule has 0 unspecified atom stereocenters. The van der Waals surface area contributed by atoms with Crippen molar-refractivity contribution in [3.63, 3.8) is 0 Å². The fraction of sp³-hybridized carbons (Fsp3) is 0.0625. The number of hydrogen-bond donors (Lipinski definition) is 0. The van der Waals surface area contributed by atoms with E-state index in [0.717, 1.165) is 0 Å². The Kier molecular flexibility index (Phi) is 3.07. The maximum atomic E-state index is 2.48. The summed E-state index contributed by atoms with van der Waals surface area (Å²) in [6.07, 6.45) is 0. The maximum absolute atomic E-state index is 2.48. The van der Waals surface area contributed by atoms with Crippen LogP contribution in [0.5, 0.6) is 0 Å². The molecule has 0 heteroatoms. The van der Waals surface area contributed by atoms with Gasteiger partial charge in [0.25, 0.3) is 0 Å². The lowest BCUT2D eigenvalue weighted by Crippen LogP contribution is -2.27. The maximum Gasteiger partial charge on any atom is 0.0349 e. The van der Waals surface area contributed by atoms with Crippen LogP contribution in [0.2, 0.25) is 0 Å². The van der Waals surface area contributed by atoms with Crippen LogP contribution in [0.25, 0.3) is 32.3 Å². The Morgan fingerprint density at radius 2 is 0.594 bits per heavy atom. The zero-order valence-corrected chi connectivity index (χ0v) is 17.5. The summed E-state index contributed by atoms with van der Waals surface area (Å²) in [6.45, 7) is 0. The van der Waals surface area contributed by atoms with Crippen LogP contribution in [0.4, 0.5) is 0 Å². The largest absolute Gasteiger partial charge is 0.0619 e. The van der Waals surface area contributed by atoms with Gasteiger partial charge < -0.3 is 0 Å². The molecule has 148 valence electrons. The lowest BCUT2D eigenvalue weighted by molar-refractivity contribution is 0.756. The Labute approximate surface area is 186 Å². The van der Waals surface area contributed by atoms with E-state index in [4.69, 9.17) is 0 Å². The fourth-order valence-electron chi connectivity index (χ4n) is 6.36. The molecule has 6 aromatic rings. The van der Waals surface area contributed by atoms with Crippen molar-refractivity contribution in [3.05, 3.63) is 143 Å². The van der Waals surface area contributed by atoms with Crippen LogP contribution < -0.4 is 0 Å². The predicted molar refractivity (Wildman–Crippen MR) is 134 cm³/mol. The molecule has 0 spiro atoms. The van der Waals surface area contributed by atoms with Crippen molar-refractivity contribution in [1.29, 1.82) is 0 Å². The molecule has 3 aliphatic rings. The Hall–Kier alpha value is -3.90. The summed E-state index contributed by atoms with van der Waals surface area (Å²) in [5.41, 5.74) is 8.90. The Bertz CT molecular complexity index is 1560. The van der Waals surface area contributed by atoms with E-state index in [-0.39, 0.29) is 0 Å². The molecule has 3 aliphatic carbocycles. The van der Waals surface area contributed by atoms with Gasteiger partial charge in [0.15, 0.2) is 0 Å². The second-order valence-electron chi connectivity index (χ2n) is 9.35. The molecule has 0 heterocycles. The first kappa shape index (κ1) is 16.8. The normalized spacial score (nSPS) is 18.0. The van der Waals surface area contributed by atoms with Crippen LogP contribution in [0, 0.1) is 0 Å². The molecular weight excluding hydrogens is 384 g/mol. The quantitative estimate of drug-likeness (QED) is 0.224. The molecule has 0 saturated carbocycles. The molecule has 0 nitrogen and oxygen atoms in total. The van der Waals surface area contributed by atoms with Crippen molar-refractivity contribution < 1.29 is 0 Å². The minimum atomic E-state index is 0.333. The zero-order valence-electron chi connectivity index (χ0n) is 17.5. The lowest BCUT2D eigenvalue weighted by Gasteiger charge is -2.42. The number of fused-ring (bicyclic) bond motifs is 3. The van der Waals surface area contributed by atoms with Gasteiger partial charge in [-0.3, -0.25) is 0 Å². The number of hydrogen-bond acceptors (Lipinski definition) is 0. The summed E-state index contributed by atoms with van der Waals surface area (Å²) in [4.78, 5) is 0. The SMILES string of the molecule is c1ccc2c(c1)C1c3ccccc3C2c2cc3cc4cc5ccccc5cc4cc3cc21. The highest BCUT2D eigenvalue weighted by atomic mass is 14.4. The van der Waals surface area contributed by atoms with Crippen molar-refractivity contribution in [2.24, 2.45) is 0 Å².